The molecule has 0 fully saturated rings. The van der Waals surface area contributed by atoms with E-state index >= 15 is 0 Å². The Morgan fingerprint density at radius 2 is 1.71 bits per heavy atom. The largest absolute Gasteiger partial charge is 0.316 e. The summed E-state index contributed by atoms with van der Waals surface area (Å²) in [6, 6.07) is 5.08. The van der Waals surface area contributed by atoms with Crippen molar-refractivity contribution in [3.63, 3.8) is 0 Å². The minimum Gasteiger partial charge on any atom is -0.299 e. The minimum atomic E-state index is -3.41. The lowest BCUT2D eigenvalue weighted by Gasteiger charge is -2.01. The second kappa shape index (κ2) is 3.81. The second-order valence-corrected chi connectivity index (χ2v) is 5.18. The van der Waals surface area contributed by atoms with Gasteiger partial charge in [-0.1, -0.05) is 6.07 Å². The summed E-state index contributed by atoms with van der Waals surface area (Å²) in [4.78, 5) is 3.15. The monoisotopic (exact) mass is 209 g/mol. The van der Waals surface area contributed by atoms with Gasteiger partial charge in [-0.2, -0.15) is 0 Å². The highest BCUT2D eigenvalue weighted by molar-refractivity contribution is 7.91. The van der Waals surface area contributed by atoms with Gasteiger partial charge in [-0.3, -0.25) is 4.85 Å². The SMILES string of the molecule is [C-]#[N+]CS(=O)(=O)c1cc(C)cc(C)c1. The van der Waals surface area contributed by atoms with E-state index in [1.807, 2.05) is 19.9 Å². The van der Waals surface area contributed by atoms with Crippen molar-refractivity contribution >= 4 is 9.84 Å². The molecule has 3 nitrogen and oxygen atoms in total. The van der Waals surface area contributed by atoms with E-state index in [0.29, 0.717) is 0 Å². The highest BCUT2D eigenvalue weighted by Gasteiger charge is 2.17. The fourth-order valence-corrected chi connectivity index (χ4v) is 2.32. The van der Waals surface area contributed by atoms with Crippen LogP contribution in [0.1, 0.15) is 11.1 Å². The molecule has 0 bridgehead atoms. The van der Waals surface area contributed by atoms with Gasteiger partial charge in [-0.15, -0.1) is 0 Å². The predicted molar refractivity (Wildman–Crippen MR) is 54.6 cm³/mol. The molecule has 0 N–H and O–H groups in total. The van der Waals surface area contributed by atoms with E-state index in [0.717, 1.165) is 11.1 Å². The van der Waals surface area contributed by atoms with Gasteiger partial charge in [0.25, 0.3) is 9.84 Å². The summed E-state index contributed by atoms with van der Waals surface area (Å²) in [6.07, 6.45) is 0. The molecule has 1 aromatic carbocycles. The number of hydrogen-bond donors (Lipinski definition) is 0. The van der Waals surface area contributed by atoms with Crippen molar-refractivity contribution in [3.05, 3.63) is 40.7 Å². The third-order valence-corrected chi connectivity index (χ3v) is 3.21. The van der Waals surface area contributed by atoms with Crippen molar-refractivity contribution in [2.75, 3.05) is 5.88 Å². The summed E-state index contributed by atoms with van der Waals surface area (Å²) in [5, 5.41) is 0. The fourth-order valence-electron chi connectivity index (χ4n) is 1.27. The quantitative estimate of drug-likeness (QED) is 0.698. The summed E-state index contributed by atoms with van der Waals surface area (Å²) in [7, 11) is -3.41. The zero-order chi connectivity index (χ0) is 10.8. The zero-order valence-electron chi connectivity index (χ0n) is 8.11. The van der Waals surface area contributed by atoms with Crippen LogP contribution in [0.5, 0.6) is 0 Å². The highest BCUT2D eigenvalue weighted by atomic mass is 32.2. The van der Waals surface area contributed by atoms with Crippen molar-refractivity contribution in [1.82, 2.24) is 0 Å². The molecule has 1 rings (SSSR count). The topological polar surface area (TPSA) is 38.5 Å². The van der Waals surface area contributed by atoms with E-state index in [2.05, 4.69) is 4.85 Å². The Morgan fingerprint density at radius 1 is 1.21 bits per heavy atom. The first-order valence-electron chi connectivity index (χ1n) is 4.10. The van der Waals surface area contributed by atoms with Gasteiger partial charge in [0.15, 0.2) is 0 Å². The molecule has 0 saturated heterocycles. The van der Waals surface area contributed by atoms with Crippen LogP contribution < -0.4 is 0 Å². The number of nitrogens with zero attached hydrogens (tertiary/aromatic N) is 1. The molecule has 0 atom stereocenters. The molecule has 0 aliphatic rings. The van der Waals surface area contributed by atoms with Crippen molar-refractivity contribution in [2.24, 2.45) is 0 Å². The average Bonchev–Trinajstić information content (AvgIpc) is 2.02. The predicted octanol–water partition coefficient (Wildman–Crippen LogP) is 1.95. The van der Waals surface area contributed by atoms with Gasteiger partial charge in [-0.05, 0) is 37.1 Å². The maximum atomic E-state index is 11.5. The first-order valence-corrected chi connectivity index (χ1v) is 5.75. The van der Waals surface area contributed by atoms with Crippen LogP contribution in [-0.4, -0.2) is 14.3 Å². The fraction of sp³-hybridized carbons (Fsp3) is 0.300. The average molecular weight is 209 g/mol. The van der Waals surface area contributed by atoms with Crippen molar-refractivity contribution in [1.29, 1.82) is 0 Å². The molecule has 1 aromatic rings. The number of benzene rings is 1. The number of aryl methyl sites for hydroxylation is 2. The number of hydrogen-bond acceptors (Lipinski definition) is 2. The molecule has 0 aromatic heterocycles. The molecular formula is C10H11NO2S. The van der Waals surface area contributed by atoms with Gasteiger partial charge in [0.05, 0.1) is 4.90 Å². The first kappa shape index (κ1) is 10.7. The van der Waals surface area contributed by atoms with E-state index in [4.69, 9.17) is 6.57 Å². The first-order chi connectivity index (χ1) is 6.45. The Kier molecular flexibility index (Phi) is 2.92. The minimum absolute atomic E-state index is 0.242. The van der Waals surface area contributed by atoms with E-state index in [1.54, 1.807) is 12.1 Å². The van der Waals surface area contributed by atoms with Crippen LogP contribution in [0.25, 0.3) is 4.85 Å². The lowest BCUT2D eigenvalue weighted by Crippen LogP contribution is -2.04. The maximum absolute atomic E-state index is 11.5. The van der Waals surface area contributed by atoms with Crippen molar-refractivity contribution < 1.29 is 8.42 Å². The summed E-state index contributed by atoms with van der Waals surface area (Å²) in [6.45, 7) is 10.2. The third-order valence-electron chi connectivity index (χ3n) is 1.79. The third kappa shape index (κ3) is 2.33. The van der Waals surface area contributed by atoms with E-state index in [-0.39, 0.29) is 4.90 Å². The van der Waals surface area contributed by atoms with Crippen LogP contribution in [0.15, 0.2) is 23.1 Å². The maximum Gasteiger partial charge on any atom is 0.316 e. The normalized spacial score (nSPS) is 10.9. The molecule has 74 valence electrons. The Balaban J connectivity index is 3.28. The smallest absolute Gasteiger partial charge is 0.299 e. The van der Waals surface area contributed by atoms with E-state index in [1.165, 1.54) is 0 Å². The molecule has 0 spiro atoms. The van der Waals surface area contributed by atoms with Crippen LogP contribution in [0, 0.1) is 20.4 Å². The molecule has 0 heterocycles. The van der Waals surface area contributed by atoms with Gasteiger partial charge in [0.1, 0.15) is 0 Å². The molecule has 14 heavy (non-hydrogen) atoms. The van der Waals surface area contributed by atoms with Crippen LogP contribution >= 0.6 is 0 Å². The number of sulfone groups is 1. The van der Waals surface area contributed by atoms with Crippen molar-refractivity contribution in [2.45, 2.75) is 18.7 Å². The molecule has 0 saturated carbocycles. The summed E-state index contributed by atoms with van der Waals surface area (Å²) in [5.74, 6) is -0.476. The molecule has 4 heteroatoms. The van der Waals surface area contributed by atoms with Crippen molar-refractivity contribution in [3.8, 4) is 0 Å². The molecule has 0 amide bonds. The Morgan fingerprint density at radius 3 is 2.14 bits per heavy atom. The van der Waals surface area contributed by atoms with Crippen LogP contribution in [-0.2, 0) is 9.84 Å². The zero-order valence-corrected chi connectivity index (χ0v) is 8.93. The standard InChI is InChI=1S/C10H11NO2S/c1-8-4-9(2)6-10(5-8)14(12,13)7-11-3/h4-6H,7H2,1-2H3. The second-order valence-electron chi connectivity index (χ2n) is 3.23. The molecular weight excluding hydrogens is 198 g/mol. The lowest BCUT2D eigenvalue weighted by molar-refractivity contribution is 0.598. The van der Waals surface area contributed by atoms with Gasteiger partial charge < -0.3 is 0 Å². The summed E-state index contributed by atoms with van der Waals surface area (Å²) in [5.41, 5.74) is 1.79. The molecule has 0 aliphatic carbocycles. The lowest BCUT2D eigenvalue weighted by atomic mass is 10.2. The number of rotatable bonds is 2. The Labute approximate surface area is 84.1 Å². The Bertz CT molecular complexity index is 463. The van der Waals surface area contributed by atoms with Crippen LogP contribution in [0.2, 0.25) is 0 Å². The summed E-state index contributed by atoms with van der Waals surface area (Å²) >= 11 is 0. The van der Waals surface area contributed by atoms with E-state index < -0.39 is 15.7 Å². The van der Waals surface area contributed by atoms with Gasteiger partial charge >= 0.3 is 5.88 Å². The Hall–Kier alpha value is -1.34. The van der Waals surface area contributed by atoms with E-state index in [9.17, 15) is 8.42 Å². The molecule has 0 aliphatic heterocycles. The van der Waals surface area contributed by atoms with Crippen LogP contribution in [0.3, 0.4) is 0 Å². The van der Waals surface area contributed by atoms with Crippen LogP contribution in [0.4, 0.5) is 0 Å². The van der Waals surface area contributed by atoms with Gasteiger partial charge in [0, 0.05) is 0 Å². The summed E-state index contributed by atoms with van der Waals surface area (Å²) < 4.78 is 23.0. The molecule has 0 radical (unpaired) electrons. The van der Waals surface area contributed by atoms with Gasteiger partial charge in [-0.25, -0.2) is 15.0 Å². The highest BCUT2D eigenvalue weighted by Crippen LogP contribution is 2.15. The van der Waals surface area contributed by atoms with Gasteiger partial charge in [0.2, 0.25) is 0 Å². The molecule has 0 unspecified atom stereocenters.